The van der Waals surface area contributed by atoms with E-state index < -0.39 is 0 Å². The number of rotatable bonds is 5. The molecular formula is C19H21N3O2S2. The van der Waals surface area contributed by atoms with Crippen LogP contribution in [0.5, 0.6) is 0 Å². The Balaban J connectivity index is 1.37. The van der Waals surface area contributed by atoms with Crippen LogP contribution >= 0.6 is 23.1 Å². The predicted molar refractivity (Wildman–Crippen MR) is 103 cm³/mol. The van der Waals surface area contributed by atoms with Crippen molar-refractivity contribution in [2.45, 2.75) is 35.0 Å². The number of carbonyl (C=O) groups is 2. The van der Waals surface area contributed by atoms with Crippen molar-refractivity contribution in [2.24, 2.45) is 5.92 Å². The first-order valence-electron chi connectivity index (χ1n) is 8.86. The lowest BCUT2D eigenvalue weighted by Crippen LogP contribution is -2.57. The average Bonchev–Trinajstić information content (AvgIpc) is 3.12. The van der Waals surface area contributed by atoms with Crippen LogP contribution in [0.2, 0.25) is 0 Å². The molecule has 3 aliphatic rings. The third kappa shape index (κ3) is 3.84. The monoisotopic (exact) mass is 387 g/mol. The summed E-state index contributed by atoms with van der Waals surface area (Å²) in [6.45, 7) is 4.84. The SMILES string of the molecule is CC(=O)c1csc(Sc2ccc(C(=O)N[C@H]3CN4CCC3CC4)cc2)n1. The summed E-state index contributed by atoms with van der Waals surface area (Å²) in [6, 6.07) is 7.87. The normalized spacial score (nSPS) is 24.4. The number of ketones is 1. The number of benzene rings is 1. The Kier molecular flexibility index (Phi) is 5.11. The molecule has 1 amide bonds. The van der Waals surface area contributed by atoms with Crippen molar-refractivity contribution in [3.8, 4) is 0 Å². The van der Waals surface area contributed by atoms with Gasteiger partial charge in [-0.05, 0) is 56.1 Å². The second kappa shape index (κ2) is 7.50. The maximum Gasteiger partial charge on any atom is 0.251 e. The van der Waals surface area contributed by atoms with Gasteiger partial charge in [-0.15, -0.1) is 11.3 Å². The first-order valence-corrected chi connectivity index (χ1v) is 10.6. The zero-order chi connectivity index (χ0) is 18.1. The molecular weight excluding hydrogens is 366 g/mol. The van der Waals surface area contributed by atoms with Gasteiger partial charge < -0.3 is 10.2 Å². The van der Waals surface area contributed by atoms with Crippen molar-refractivity contribution < 1.29 is 9.59 Å². The molecule has 7 heteroatoms. The highest BCUT2D eigenvalue weighted by Gasteiger charge is 2.34. The Hall–Kier alpha value is -1.70. The predicted octanol–water partition coefficient (Wildman–Crippen LogP) is 3.32. The zero-order valence-electron chi connectivity index (χ0n) is 14.6. The van der Waals surface area contributed by atoms with E-state index in [1.807, 2.05) is 24.3 Å². The van der Waals surface area contributed by atoms with E-state index in [2.05, 4.69) is 15.2 Å². The number of nitrogens with one attached hydrogen (secondary N) is 1. The number of nitrogens with zero attached hydrogens (tertiary/aromatic N) is 2. The van der Waals surface area contributed by atoms with Crippen molar-refractivity contribution in [1.29, 1.82) is 0 Å². The molecule has 1 atom stereocenters. The molecule has 3 saturated heterocycles. The number of fused-ring (bicyclic) bond motifs is 3. The lowest BCUT2D eigenvalue weighted by Gasteiger charge is -2.44. The third-order valence-corrected chi connectivity index (χ3v) is 7.08. The fraction of sp³-hybridized carbons (Fsp3) is 0.421. The van der Waals surface area contributed by atoms with Crippen LogP contribution in [0.3, 0.4) is 0 Å². The van der Waals surface area contributed by atoms with E-state index in [-0.39, 0.29) is 17.7 Å². The van der Waals surface area contributed by atoms with Crippen molar-refractivity contribution in [2.75, 3.05) is 19.6 Å². The van der Waals surface area contributed by atoms with Crippen LogP contribution in [0.1, 0.15) is 40.6 Å². The molecule has 5 nitrogen and oxygen atoms in total. The summed E-state index contributed by atoms with van der Waals surface area (Å²) in [5.41, 5.74) is 1.19. The molecule has 1 aromatic carbocycles. The Morgan fingerprint density at radius 2 is 1.96 bits per heavy atom. The van der Waals surface area contributed by atoms with Gasteiger partial charge in [0, 0.05) is 35.3 Å². The number of aromatic nitrogens is 1. The molecule has 5 rings (SSSR count). The number of hydrogen-bond acceptors (Lipinski definition) is 6. The average molecular weight is 388 g/mol. The highest BCUT2D eigenvalue weighted by atomic mass is 32.2. The number of thiazole rings is 1. The number of carbonyl (C=O) groups excluding carboxylic acids is 2. The first kappa shape index (κ1) is 17.7. The molecule has 26 heavy (non-hydrogen) atoms. The van der Waals surface area contributed by atoms with Gasteiger partial charge in [-0.3, -0.25) is 9.59 Å². The van der Waals surface area contributed by atoms with Gasteiger partial charge in [0.25, 0.3) is 5.91 Å². The van der Waals surface area contributed by atoms with Gasteiger partial charge >= 0.3 is 0 Å². The largest absolute Gasteiger partial charge is 0.348 e. The van der Waals surface area contributed by atoms with E-state index in [1.54, 1.807) is 5.38 Å². The second-order valence-corrected chi connectivity index (χ2v) is 9.08. The standard InChI is InChI=1S/C19H21N3O2S2/c1-12(23)17-11-25-19(21-17)26-15-4-2-14(3-5-15)18(24)20-16-10-22-8-6-13(16)7-9-22/h2-5,11,13,16H,6-10H2,1H3,(H,20,24)/t16-/m0/s1. The van der Waals surface area contributed by atoms with Gasteiger partial charge in [0.1, 0.15) is 5.69 Å². The van der Waals surface area contributed by atoms with Crippen LogP contribution in [0.15, 0.2) is 38.9 Å². The third-order valence-electron chi connectivity index (χ3n) is 5.14. The van der Waals surface area contributed by atoms with Crippen LogP contribution < -0.4 is 5.32 Å². The molecule has 1 N–H and O–H groups in total. The van der Waals surface area contributed by atoms with Crippen LogP contribution in [-0.2, 0) is 0 Å². The number of Topliss-reactive ketones (excluding diaryl/α,β-unsaturated/α-hetero) is 1. The molecule has 2 bridgehead atoms. The summed E-state index contributed by atoms with van der Waals surface area (Å²) in [5.74, 6) is 0.612. The topological polar surface area (TPSA) is 62.3 Å². The van der Waals surface area contributed by atoms with Crippen LogP contribution in [-0.4, -0.2) is 47.3 Å². The van der Waals surface area contributed by atoms with Crippen molar-refractivity contribution in [3.63, 3.8) is 0 Å². The maximum atomic E-state index is 12.6. The number of piperidine rings is 3. The van der Waals surface area contributed by atoms with Gasteiger partial charge in [0.2, 0.25) is 0 Å². The minimum Gasteiger partial charge on any atom is -0.348 e. The quantitative estimate of drug-likeness (QED) is 0.798. The van der Waals surface area contributed by atoms with Gasteiger partial charge in [0.15, 0.2) is 10.1 Å². The highest BCUT2D eigenvalue weighted by Crippen LogP contribution is 2.31. The van der Waals surface area contributed by atoms with E-state index in [4.69, 9.17) is 0 Å². The molecule has 0 spiro atoms. The van der Waals surface area contributed by atoms with Gasteiger partial charge in [-0.25, -0.2) is 4.98 Å². The van der Waals surface area contributed by atoms with Crippen LogP contribution in [0.25, 0.3) is 0 Å². The Morgan fingerprint density at radius 3 is 2.54 bits per heavy atom. The molecule has 1 aromatic heterocycles. The molecule has 2 aromatic rings. The van der Waals surface area contributed by atoms with E-state index in [0.29, 0.717) is 17.2 Å². The summed E-state index contributed by atoms with van der Waals surface area (Å²) in [4.78, 5) is 31.6. The van der Waals surface area contributed by atoms with E-state index in [0.717, 1.165) is 15.8 Å². The van der Waals surface area contributed by atoms with Gasteiger partial charge in [-0.2, -0.15) is 0 Å². The van der Waals surface area contributed by atoms with Crippen LogP contribution in [0.4, 0.5) is 0 Å². The fourth-order valence-electron chi connectivity index (χ4n) is 3.62. The number of amides is 1. The highest BCUT2D eigenvalue weighted by molar-refractivity contribution is 8.01. The molecule has 0 unspecified atom stereocenters. The molecule has 3 fully saturated rings. The van der Waals surface area contributed by atoms with Crippen LogP contribution in [0, 0.1) is 5.92 Å². The van der Waals surface area contributed by atoms with E-state index in [9.17, 15) is 9.59 Å². The fourth-order valence-corrected chi connectivity index (χ4v) is 5.45. The summed E-state index contributed by atoms with van der Waals surface area (Å²) < 4.78 is 0.833. The molecule has 4 heterocycles. The molecule has 0 radical (unpaired) electrons. The summed E-state index contributed by atoms with van der Waals surface area (Å²) >= 11 is 2.97. The summed E-state index contributed by atoms with van der Waals surface area (Å²) in [5, 5.41) is 4.99. The molecule has 136 valence electrons. The second-order valence-electron chi connectivity index (χ2n) is 6.90. The van der Waals surface area contributed by atoms with E-state index >= 15 is 0 Å². The van der Waals surface area contributed by atoms with Crippen molar-refractivity contribution >= 4 is 34.8 Å². The smallest absolute Gasteiger partial charge is 0.251 e. The maximum absolute atomic E-state index is 12.6. The lowest BCUT2D eigenvalue weighted by molar-refractivity contribution is 0.0620. The molecule has 0 saturated carbocycles. The minimum atomic E-state index is -0.0205. The number of hydrogen-bond donors (Lipinski definition) is 1. The van der Waals surface area contributed by atoms with Gasteiger partial charge in [0.05, 0.1) is 0 Å². The molecule has 3 aliphatic heterocycles. The lowest BCUT2D eigenvalue weighted by atomic mass is 9.84. The molecule has 0 aliphatic carbocycles. The summed E-state index contributed by atoms with van der Waals surface area (Å²) in [6.07, 6.45) is 2.38. The zero-order valence-corrected chi connectivity index (χ0v) is 16.2. The van der Waals surface area contributed by atoms with Crippen molar-refractivity contribution in [1.82, 2.24) is 15.2 Å². The Morgan fingerprint density at radius 1 is 1.23 bits per heavy atom. The Bertz CT molecular complexity index is 810. The van der Waals surface area contributed by atoms with E-state index in [1.165, 1.54) is 56.0 Å². The first-order chi connectivity index (χ1) is 12.6. The minimum absolute atomic E-state index is 0.00779. The summed E-state index contributed by atoms with van der Waals surface area (Å²) in [7, 11) is 0. The van der Waals surface area contributed by atoms with Crippen molar-refractivity contribution in [3.05, 3.63) is 40.9 Å². The Labute approximate surface area is 161 Å². The van der Waals surface area contributed by atoms with Gasteiger partial charge in [-0.1, -0.05) is 11.8 Å².